The van der Waals surface area contributed by atoms with E-state index in [1.165, 1.54) is 25.6 Å². The molecule has 2 aromatic heterocycles. The number of pyridine rings is 1. The van der Waals surface area contributed by atoms with Crippen molar-refractivity contribution in [2.24, 2.45) is 0 Å². The zero-order chi connectivity index (χ0) is 15.6. The molecule has 0 aromatic carbocycles. The summed E-state index contributed by atoms with van der Waals surface area (Å²) in [5, 5.41) is 3.00. The molecule has 0 atom stereocenters. The number of carbonyl (C=O) groups excluding carboxylic acids is 1. The van der Waals surface area contributed by atoms with Gasteiger partial charge in [-0.1, -0.05) is 0 Å². The molecule has 7 heteroatoms. The van der Waals surface area contributed by atoms with Crippen LogP contribution in [0.2, 0.25) is 0 Å². The van der Waals surface area contributed by atoms with Crippen LogP contribution in [0.25, 0.3) is 0 Å². The SMILES string of the molecule is O=C1CNc2ncncc2N1c1ccc(N2CCCCC2)nc1. The Hall–Kier alpha value is -2.70. The molecular formula is C16H18N6O. The van der Waals surface area contributed by atoms with Crippen molar-refractivity contribution >= 4 is 28.9 Å². The standard InChI is InChI=1S/C16H18N6O/c23-15-10-19-16-13(9-17-11-20-16)22(15)12-4-5-14(18-8-12)21-6-2-1-3-7-21/h4-5,8-9,11H,1-3,6-7,10H2,(H,17,19,20). The third-order valence-electron chi connectivity index (χ3n) is 4.26. The minimum atomic E-state index is -0.0418. The van der Waals surface area contributed by atoms with Gasteiger partial charge >= 0.3 is 0 Å². The number of nitrogens with zero attached hydrogens (tertiary/aromatic N) is 5. The number of piperidine rings is 1. The molecule has 0 radical (unpaired) electrons. The number of nitrogens with one attached hydrogen (secondary N) is 1. The zero-order valence-corrected chi connectivity index (χ0v) is 12.8. The maximum Gasteiger partial charge on any atom is 0.251 e. The van der Waals surface area contributed by atoms with E-state index in [1.54, 1.807) is 17.3 Å². The average molecular weight is 310 g/mol. The summed E-state index contributed by atoms with van der Waals surface area (Å²) in [6.07, 6.45) is 8.59. The Balaban J connectivity index is 1.64. The fourth-order valence-electron chi connectivity index (χ4n) is 3.10. The van der Waals surface area contributed by atoms with Crippen LogP contribution < -0.4 is 15.1 Å². The topological polar surface area (TPSA) is 74.2 Å². The molecule has 0 bridgehead atoms. The zero-order valence-electron chi connectivity index (χ0n) is 12.8. The first-order valence-electron chi connectivity index (χ1n) is 7.91. The van der Waals surface area contributed by atoms with Crippen molar-refractivity contribution in [2.75, 3.05) is 34.8 Å². The summed E-state index contributed by atoms with van der Waals surface area (Å²) in [5.74, 6) is 1.60. The molecule has 0 spiro atoms. The minimum Gasteiger partial charge on any atom is -0.359 e. The summed E-state index contributed by atoms with van der Waals surface area (Å²) in [7, 11) is 0. The summed E-state index contributed by atoms with van der Waals surface area (Å²) >= 11 is 0. The molecule has 1 N–H and O–H groups in total. The summed E-state index contributed by atoms with van der Waals surface area (Å²) in [6, 6.07) is 3.93. The maximum atomic E-state index is 12.3. The van der Waals surface area contributed by atoms with E-state index in [0.717, 1.165) is 24.6 Å². The smallest absolute Gasteiger partial charge is 0.251 e. The second-order valence-electron chi connectivity index (χ2n) is 5.76. The van der Waals surface area contributed by atoms with Crippen molar-refractivity contribution in [2.45, 2.75) is 19.3 Å². The quantitative estimate of drug-likeness (QED) is 0.914. The molecule has 1 fully saturated rings. The van der Waals surface area contributed by atoms with E-state index in [9.17, 15) is 4.79 Å². The molecule has 0 saturated carbocycles. The molecule has 2 aromatic rings. The van der Waals surface area contributed by atoms with Gasteiger partial charge < -0.3 is 10.2 Å². The number of carbonyl (C=O) groups is 1. The van der Waals surface area contributed by atoms with Gasteiger partial charge in [0.25, 0.3) is 5.91 Å². The number of rotatable bonds is 2. The van der Waals surface area contributed by atoms with Crippen molar-refractivity contribution < 1.29 is 4.79 Å². The van der Waals surface area contributed by atoms with Gasteiger partial charge in [0.15, 0.2) is 5.82 Å². The molecule has 0 unspecified atom stereocenters. The van der Waals surface area contributed by atoms with Gasteiger partial charge in [0.05, 0.1) is 24.6 Å². The molecule has 4 rings (SSSR count). The van der Waals surface area contributed by atoms with E-state index in [4.69, 9.17) is 0 Å². The second-order valence-corrected chi connectivity index (χ2v) is 5.76. The molecule has 1 saturated heterocycles. The molecule has 2 aliphatic rings. The van der Waals surface area contributed by atoms with Crippen LogP contribution in [0.15, 0.2) is 30.9 Å². The summed E-state index contributed by atoms with van der Waals surface area (Å²) in [5.41, 5.74) is 1.41. The van der Waals surface area contributed by atoms with Gasteiger partial charge in [-0.05, 0) is 31.4 Å². The van der Waals surface area contributed by atoms with Crippen LogP contribution in [0.3, 0.4) is 0 Å². The first kappa shape index (κ1) is 13.9. The molecule has 0 aliphatic carbocycles. The van der Waals surface area contributed by atoms with E-state index >= 15 is 0 Å². The highest BCUT2D eigenvalue weighted by atomic mass is 16.2. The highest BCUT2D eigenvalue weighted by Gasteiger charge is 2.26. The minimum absolute atomic E-state index is 0.0418. The highest BCUT2D eigenvalue weighted by Crippen LogP contribution is 2.33. The van der Waals surface area contributed by atoms with Crippen LogP contribution in [0.4, 0.5) is 23.0 Å². The van der Waals surface area contributed by atoms with Crippen molar-refractivity contribution in [3.05, 3.63) is 30.9 Å². The van der Waals surface area contributed by atoms with Gasteiger partial charge in [-0.3, -0.25) is 9.69 Å². The Kier molecular flexibility index (Phi) is 3.53. The number of hydrogen-bond donors (Lipinski definition) is 1. The van der Waals surface area contributed by atoms with E-state index in [0.29, 0.717) is 11.5 Å². The summed E-state index contributed by atoms with van der Waals surface area (Å²) in [6.45, 7) is 2.32. The predicted molar refractivity (Wildman–Crippen MR) is 88.0 cm³/mol. The Morgan fingerprint density at radius 1 is 1.04 bits per heavy atom. The average Bonchev–Trinajstić information content (AvgIpc) is 2.63. The van der Waals surface area contributed by atoms with Crippen LogP contribution >= 0.6 is 0 Å². The Morgan fingerprint density at radius 2 is 1.91 bits per heavy atom. The number of amides is 1. The lowest BCUT2D eigenvalue weighted by atomic mass is 10.1. The van der Waals surface area contributed by atoms with E-state index in [1.807, 2.05) is 12.1 Å². The fraction of sp³-hybridized carbons (Fsp3) is 0.375. The monoisotopic (exact) mass is 310 g/mol. The largest absolute Gasteiger partial charge is 0.359 e. The first-order valence-corrected chi connectivity index (χ1v) is 7.91. The molecule has 23 heavy (non-hydrogen) atoms. The molecule has 1 amide bonds. The van der Waals surface area contributed by atoms with E-state index in [2.05, 4.69) is 25.2 Å². The normalized spacial score (nSPS) is 17.7. The van der Waals surface area contributed by atoms with Crippen molar-refractivity contribution in [3.63, 3.8) is 0 Å². The Labute approximate surface area is 134 Å². The fourth-order valence-corrected chi connectivity index (χ4v) is 3.10. The van der Waals surface area contributed by atoms with Gasteiger partial charge in [0.1, 0.15) is 17.8 Å². The maximum absolute atomic E-state index is 12.3. The first-order chi connectivity index (χ1) is 11.3. The molecule has 7 nitrogen and oxygen atoms in total. The highest BCUT2D eigenvalue weighted by molar-refractivity contribution is 6.07. The third kappa shape index (κ3) is 2.58. The Bertz CT molecular complexity index is 711. The van der Waals surface area contributed by atoms with Gasteiger partial charge in [-0.25, -0.2) is 15.0 Å². The molecular weight excluding hydrogens is 292 g/mol. The van der Waals surface area contributed by atoms with E-state index in [-0.39, 0.29) is 12.5 Å². The summed E-state index contributed by atoms with van der Waals surface area (Å²) < 4.78 is 0. The Morgan fingerprint density at radius 3 is 2.70 bits per heavy atom. The van der Waals surface area contributed by atoms with Gasteiger partial charge in [0.2, 0.25) is 0 Å². The summed E-state index contributed by atoms with van der Waals surface area (Å²) in [4.78, 5) is 29.0. The van der Waals surface area contributed by atoms with Crippen LogP contribution in [-0.4, -0.2) is 40.5 Å². The van der Waals surface area contributed by atoms with Crippen molar-refractivity contribution in [3.8, 4) is 0 Å². The third-order valence-corrected chi connectivity index (χ3v) is 4.26. The van der Waals surface area contributed by atoms with Crippen LogP contribution in [0.1, 0.15) is 19.3 Å². The molecule has 2 aliphatic heterocycles. The number of hydrogen-bond acceptors (Lipinski definition) is 6. The second kappa shape index (κ2) is 5.83. The van der Waals surface area contributed by atoms with Gasteiger partial charge in [-0.2, -0.15) is 0 Å². The molecule has 118 valence electrons. The van der Waals surface area contributed by atoms with Crippen molar-refractivity contribution in [1.82, 2.24) is 15.0 Å². The van der Waals surface area contributed by atoms with Crippen LogP contribution in [-0.2, 0) is 4.79 Å². The van der Waals surface area contributed by atoms with E-state index < -0.39 is 0 Å². The number of aromatic nitrogens is 3. The van der Waals surface area contributed by atoms with Crippen molar-refractivity contribution in [1.29, 1.82) is 0 Å². The number of fused-ring (bicyclic) bond motifs is 1. The van der Waals surface area contributed by atoms with Crippen LogP contribution in [0.5, 0.6) is 0 Å². The lowest BCUT2D eigenvalue weighted by Crippen LogP contribution is -2.37. The lowest BCUT2D eigenvalue weighted by Gasteiger charge is -2.30. The lowest BCUT2D eigenvalue weighted by molar-refractivity contribution is -0.116. The predicted octanol–water partition coefficient (Wildman–Crippen LogP) is 1.95. The molecule has 4 heterocycles. The number of anilines is 4. The van der Waals surface area contributed by atoms with Crippen LogP contribution in [0, 0.1) is 0 Å². The van der Waals surface area contributed by atoms with Gasteiger partial charge in [0, 0.05) is 13.1 Å². The van der Waals surface area contributed by atoms with Gasteiger partial charge in [-0.15, -0.1) is 0 Å².